The fourth-order valence-electron chi connectivity index (χ4n) is 3.88. The number of hydrazine groups is 2. The zero-order chi connectivity index (χ0) is 19.9. The first-order valence-corrected chi connectivity index (χ1v) is 9.87. The van der Waals surface area contributed by atoms with Gasteiger partial charge in [-0.05, 0) is 56.2 Å². The number of nitrogens with zero attached hydrogens (tertiary/aromatic N) is 3. The number of hydrogen-bond donors (Lipinski definition) is 2. The minimum atomic E-state index is 0.126. The first-order valence-electron chi connectivity index (χ1n) is 9.87. The summed E-state index contributed by atoms with van der Waals surface area (Å²) in [5, 5.41) is 1.94. The van der Waals surface area contributed by atoms with E-state index < -0.39 is 0 Å². The molecule has 2 aliphatic heterocycles. The van der Waals surface area contributed by atoms with Crippen LogP contribution >= 0.6 is 0 Å². The van der Waals surface area contributed by atoms with E-state index in [1.54, 1.807) is 0 Å². The first-order chi connectivity index (χ1) is 13.3. The van der Waals surface area contributed by atoms with Crippen molar-refractivity contribution >= 4 is 17.3 Å². The minimum absolute atomic E-state index is 0.126. The molecule has 1 saturated heterocycles. The second-order valence-electron chi connectivity index (χ2n) is 8.56. The lowest BCUT2D eigenvalue weighted by molar-refractivity contribution is 0.0451. The van der Waals surface area contributed by atoms with Crippen molar-refractivity contribution in [1.82, 2.24) is 15.3 Å². The van der Waals surface area contributed by atoms with Crippen LogP contribution in [0.2, 0.25) is 0 Å². The van der Waals surface area contributed by atoms with E-state index in [1.807, 2.05) is 41.2 Å². The summed E-state index contributed by atoms with van der Waals surface area (Å²) in [7, 11) is 1.97. The van der Waals surface area contributed by atoms with Gasteiger partial charge in [-0.3, -0.25) is 14.7 Å². The van der Waals surface area contributed by atoms with E-state index in [9.17, 15) is 4.79 Å². The lowest BCUT2D eigenvalue weighted by Gasteiger charge is -2.42. The molecule has 2 aliphatic rings. The molecule has 6 nitrogen and oxygen atoms in total. The number of anilines is 2. The van der Waals surface area contributed by atoms with Crippen LogP contribution in [0.15, 0.2) is 42.5 Å². The van der Waals surface area contributed by atoms with Gasteiger partial charge in [0.15, 0.2) is 0 Å². The van der Waals surface area contributed by atoms with Crippen molar-refractivity contribution in [2.75, 3.05) is 43.7 Å². The molecule has 2 aromatic carbocycles. The van der Waals surface area contributed by atoms with Crippen molar-refractivity contribution in [2.45, 2.75) is 26.3 Å². The molecule has 0 spiro atoms. The first kappa shape index (κ1) is 18.8. The van der Waals surface area contributed by atoms with Gasteiger partial charge in [-0.2, -0.15) is 0 Å². The highest BCUT2D eigenvalue weighted by Crippen LogP contribution is 2.33. The van der Waals surface area contributed by atoms with Crippen LogP contribution < -0.4 is 16.0 Å². The topological polar surface area (TPSA) is 50.9 Å². The van der Waals surface area contributed by atoms with Crippen molar-refractivity contribution in [1.29, 1.82) is 0 Å². The second-order valence-corrected chi connectivity index (χ2v) is 8.56. The molecule has 2 heterocycles. The summed E-state index contributed by atoms with van der Waals surface area (Å²) in [6, 6.07) is 14.3. The monoisotopic (exact) mass is 379 g/mol. The Labute approximate surface area is 167 Å². The molecule has 0 radical (unpaired) electrons. The zero-order valence-electron chi connectivity index (χ0n) is 17.1. The van der Waals surface area contributed by atoms with Gasteiger partial charge in [0.25, 0.3) is 5.91 Å². The summed E-state index contributed by atoms with van der Waals surface area (Å²) in [5.74, 6) is 0.126. The van der Waals surface area contributed by atoms with Gasteiger partial charge in [-0.1, -0.05) is 18.2 Å². The molecule has 0 saturated carbocycles. The summed E-state index contributed by atoms with van der Waals surface area (Å²) in [6.45, 7) is 10.1. The van der Waals surface area contributed by atoms with Gasteiger partial charge in [0.1, 0.15) is 0 Å². The molecular formula is C22H29N5O. The third kappa shape index (κ3) is 3.57. The molecule has 0 aromatic heterocycles. The number of carbonyl (C=O) groups excluding carboxylic acids is 1. The molecule has 1 amide bonds. The van der Waals surface area contributed by atoms with Gasteiger partial charge in [-0.25, -0.2) is 0 Å². The number of amides is 1. The molecule has 6 heteroatoms. The number of piperazine rings is 1. The van der Waals surface area contributed by atoms with Crippen molar-refractivity contribution in [3.63, 3.8) is 0 Å². The molecule has 4 rings (SSSR count). The van der Waals surface area contributed by atoms with E-state index in [-0.39, 0.29) is 11.4 Å². The molecule has 2 aromatic rings. The van der Waals surface area contributed by atoms with Crippen molar-refractivity contribution in [3.05, 3.63) is 48.0 Å². The predicted molar refractivity (Wildman–Crippen MR) is 114 cm³/mol. The Bertz CT molecular complexity index is 863. The second kappa shape index (κ2) is 7.11. The molecule has 2 N–H and O–H groups in total. The number of benzene rings is 2. The van der Waals surface area contributed by atoms with Crippen LogP contribution in [0.5, 0.6) is 0 Å². The quantitative estimate of drug-likeness (QED) is 0.839. The summed E-state index contributed by atoms with van der Waals surface area (Å²) in [6.07, 6.45) is 0. The number of rotatable bonds is 2. The van der Waals surface area contributed by atoms with E-state index in [1.165, 1.54) is 0 Å². The number of fused-ring (bicyclic) bond motifs is 1. The number of carbonyl (C=O) groups is 1. The van der Waals surface area contributed by atoms with Crippen molar-refractivity contribution < 1.29 is 4.79 Å². The highest BCUT2D eigenvalue weighted by Gasteiger charge is 2.28. The summed E-state index contributed by atoms with van der Waals surface area (Å²) in [4.78, 5) is 17.3. The Morgan fingerprint density at radius 2 is 1.57 bits per heavy atom. The lowest BCUT2D eigenvalue weighted by Crippen LogP contribution is -2.54. The van der Waals surface area contributed by atoms with Gasteiger partial charge in [0.05, 0.1) is 11.4 Å². The van der Waals surface area contributed by atoms with Crippen LogP contribution in [0.3, 0.4) is 0 Å². The molecule has 0 bridgehead atoms. The lowest BCUT2D eigenvalue weighted by atomic mass is 10.0. The Kier molecular flexibility index (Phi) is 4.77. The molecule has 28 heavy (non-hydrogen) atoms. The normalized spacial score (nSPS) is 17.4. The van der Waals surface area contributed by atoms with Gasteiger partial charge in [0, 0.05) is 44.3 Å². The molecule has 1 fully saturated rings. The van der Waals surface area contributed by atoms with Crippen molar-refractivity contribution in [2.24, 2.45) is 0 Å². The van der Waals surface area contributed by atoms with E-state index in [0.717, 1.165) is 54.2 Å². The van der Waals surface area contributed by atoms with Gasteiger partial charge >= 0.3 is 0 Å². The maximum Gasteiger partial charge on any atom is 0.253 e. The van der Waals surface area contributed by atoms with E-state index in [4.69, 9.17) is 0 Å². The fraction of sp³-hybridized carbons (Fsp3) is 0.409. The SMILES string of the molecule is CN1NNc2cc(-c3ccc(C(=O)N4CCN(C(C)(C)C)CC4)cc3)ccc21. The molecule has 148 valence electrons. The largest absolute Gasteiger partial charge is 0.336 e. The third-order valence-corrected chi connectivity index (χ3v) is 5.70. The van der Waals surface area contributed by atoms with E-state index >= 15 is 0 Å². The van der Waals surface area contributed by atoms with Gasteiger partial charge in [-0.15, -0.1) is 5.53 Å². The molecule has 0 atom stereocenters. The Hall–Kier alpha value is -2.57. The highest BCUT2D eigenvalue weighted by atomic mass is 16.2. The van der Waals surface area contributed by atoms with Crippen molar-refractivity contribution in [3.8, 4) is 11.1 Å². The molecule has 0 aliphatic carbocycles. The predicted octanol–water partition coefficient (Wildman–Crippen LogP) is 3.19. The van der Waals surface area contributed by atoms with Gasteiger partial charge < -0.3 is 10.3 Å². The Morgan fingerprint density at radius 1 is 0.929 bits per heavy atom. The Balaban J connectivity index is 1.44. The third-order valence-electron chi connectivity index (χ3n) is 5.70. The zero-order valence-corrected chi connectivity index (χ0v) is 17.1. The van der Waals surface area contributed by atoms with Crippen LogP contribution in [0.4, 0.5) is 11.4 Å². The maximum absolute atomic E-state index is 12.9. The maximum atomic E-state index is 12.9. The smallest absolute Gasteiger partial charge is 0.253 e. The average Bonchev–Trinajstić information content (AvgIpc) is 3.07. The van der Waals surface area contributed by atoms with Gasteiger partial charge in [0.2, 0.25) is 0 Å². The Morgan fingerprint density at radius 3 is 2.21 bits per heavy atom. The number of hydrogen-bond acceptors (Lipinski definition) is 5. The summed E-state index contributed by atoms with van der Waals surface area (Å²) < 4.78 is 0. The van der Waals surface area contributed by atoms with E-state index in [0.29, 0.717) is 0 Å². The van der Waals surface area contributed by atoms with Crippen LogP contribution in [-0.2, 0) is 0 Å². The average molecular weight is 380 g/mol. The highest BCUT2D eigenvalue weighted by molar-refractivity contribution is 5.95. The molecular weight excluding hydrogens is 350 g/mol. The molecule has 0 unspecified atom stereocenters. The number of nitrogens with one attached hydrogen (secondary N) is 2. The standard InChI is InChI=1S/C22H29N5O/c1-22(2,3)27-13-11-26(12-14-27)21(28)17-7-5-16(6-8-17)18-9-10-20-19(15-18)23-24-25(20)4/h5-10,15,23-24H,11-14H2,1-4H3. The van der Waals surface area contributed by atoms with E-state index in [2.05, 4.69) is 54.8 Å². The minimum Gasteiger partial charge on any atom is -0.336 e. The van der Waals surface area contributed by atoms with Crippen LogP contribution in [0, 0.1) is 0 Å². The van der Waals surface area contributed by atoms with Crippen LogP contribution in [0.1, 0.15) is 31.1 Å². The fourth-order valence-corrected chi connectivity index (χ4v) is 3.88. The van der Waals surface area contributed by atoms with Crippen LogP contribution in [0.25, 0.3) is 11.1 Å². The summed E-state index contributed by atoms with van der Waals surface area (Å²) in [5.41, 5.74) is 11.5. The summed E-state index contributed by atoms with van der Waals surface area (Å²) >= 11 is 0. The van der Waals surface area contributed by atoms with Crippen LogP contribution in [-0.4, -0.2) is 54.5 Å².